The Morgan fingerprint density at radius 1 is 1.30 bits per heavy atom. The van der Waals surface area contributed by atoms with Crippen molar-refractivity contribution in [1.82, 2.24) is 0 Å². The molecule has 1 aromatic rings. The number of aliphatic imine (C=N–C) groups is 1. The van der Waals surface area contributed by atoms with E-state index in [9.17, 15) is 0 Å². The topological polar surface area (TPSA) is 21.6 Å². The van der Waals surface area contributed by atoms with Gasteiger partial charge in [0.1, 0.15) is 0 Å². The highest BCUT2D eigenvalue weighted by atomic mass is 127. The third-order valence-electron chi connectivity index (χ3n) is 3.19. The molecule has 1 unspecified atom stereocenters. The van der Waals surface area contributed by atoms with Gasteiger partial charge >= 0.3 is 0 Å². The van der Waals surface area contributed by atoms with Crippen LogP contribution in [0.15, 0.2) is 41.4 Å². The molecule has 0 saturated heterocycles. The van der Waals surface area contributed by atoms with E-state index in [0.717, 1.165) is 12.3 Å². The van der Waals surface area contributed by atoms with Gasteiger partial charge in [-0.05, 0) is 46.8 Å². The van der Waals surface area contributed by atoms with E-state index in [-0.39, 0.29) is 6.04 Å². The quantitative estimate of drug-likeness (QED) is 0.395. The van der Waals surface area contributed by atoms with Crippen molar-refractivity contribution in [2.45, 2.75) is 31.7 Å². The highest BCUT2D eigenvalue weighted by molar-refractivity contribution is 14.1. The summed E-state index contributed by atoms with van der Waals surface area (Å²) in [6.07, 6.45) is 4.25. The van der Waals surface area contributed by atoms with Crippen LogP contribution in [0.2, 0.25) is 25.7 Å². The van der Waals surface area contributed by atoms with E-state index in [1.807, 2.05) is 0 Å². The standard InChI is InChI=1S/C16H22INOSi/c1-20(2,3)10-9-19-12-15-7-8-16(18-15)13-5-4-6-14(17)11-13/h4-8,11,15H,9-10,12H2,1-3H3. The van der Waals surface area contributed by atoms with Crippen LogP contribution >= 0.6 is 22.6 Å². The number of rotatable bonds is 6. The van der Waals surface area contributed by atoms with Crippen LogP contribution < -0.4 is 0 Å². The highest BCUT2D eigenvalue weighted by Crippen LogP contribution is 2.15. The van der Waals surface area contributed by atoms with Gasteiger partial charge in [-0.25, -0.2) is 0 Å². The van der Waals surface area contributed by atoms with Crippen LogP contribution in [0.1, 0.15) is 5.56 Å². The van der Waals surface area contributed by atoms with Crippen LogP contribution in [0.4, 0.5) is 0 Å². The fourth-order valence-corrected chi connectivity index (χ4v) is 3.26. The van der Waals surface area contributed by atoms with E-state index in [2.05, 4.69) is 78.6 Å². The molecule has 0 aromatic heterocycles. The lowest BCUT2D eigenvalue weighted by atomic mass is 10.1. The molecule has 0 bridgehead atoms. The van der Waals surface area contributed by atoms with Gasteiger partial charge in [0.25, 0.3) is 0 Å². The molecule has 1 atom stereocenters. The molecule has 0 saturated carbocycles. The van der Waals surface area contributed by atoms with Crippen molar-refractivity contribution < 1.29 is 4.74 Å². The van der Waals surface area contributed by atoms with Crippen molar-refractivity contribution in [3.8, 4) is 0 Å². The van der Waals surface area contributed by atoms with E-state index < -0.39 is 8.07 Å². The first-order valence-corrected chi connectivity index (χ1v) is 11.8. The molecule has 1 aliphatic rings. The SMILES string of the molecule is C[Si](C)(C)CCOCC1C=CC(c2cccc(I)c2)=N1. The number of halogens is 1. The van der Waals surface area contributed by atoms with Crippen molar-refractivity contribution in [2.24, 2.45) is 4.99 Å². The average Bonchev–Trinajstić information content (AvgIpc) is 2.82. The molecule has 0 fully saturated rings. The zero-order chi connectivity index (χ0) is 14.6. The van der Waals surface area contributed by atoms with E-state index >= 15 is 0 Å². The van der Waals surface area contributed by atoms with Crippen molar-refractivity contribution in [3.05, 3.63) is 45.6 Å². The zero-order valence-corrected chi connectivity index (χ0v) is 15.6. The average molecular weight is 399 g/mol. The van der Waals surface area contributed by atoms with Crippen molar-refractivity contribution in [3.63, 3.8) is 0 Å². The molecule has 0 spiro atoms. The van der Waals surface area contributed by atoms with Crippen molar-refractivity contribution >= 4 is 36.4 Å². The lowest BCUT2D eigenvalue weighted by Gasteiger charge is -2.15. The first-order chi connectivity index (χ1) is 9.44. The van der Waals surface area contributed by atoms with E-state index in [0.29, 0.717) is 6.61 Å². The maximum atomic E-state index is 5.78. The monoisotopic (exact) mass is 399 g/mol. The Hall–Kier alpha value is -0.463. The summed E-state index contributed by atoms with van der Waals surface area (Å²) in [6.45, 7) is 8.69. The van der Waals surface area contributed by atoms with Crippen LogP contribution in [0, 0.1) is 3.57 Å². The van der Waals surface area contributed by atoms with Gasteiger partial charge in [0.2, 0.25) is 0 Å². The van der Waals surface area contributed by atoms with Gasteiger partial charge in [-0.3, -0.25) is 4.99 Å². The molecule has 108 valence electrons. The van der Waals surface area contributed by atoms with Crippen molar-refractivity contribution in [2.75, 3.05) is 13.2 Å². The molecular weight excluding hydrogens is 377 g/mol. The molecule has 20 heavy (non-hydrogen) atoms. The Labute approximate surface area is 136 Å². The van der Waals surface area contributed by atoms with Gasteiger partial charge in [0, 0.05) is 23.8 Å². The highest BCUT2D eigenvalue weighted by Gasteiger charge is 2.15. The Morgan fingerprint density at radius 3 is 2.80 bits per heavy atom. The van der Waals surface area contributed by atoms with Gasteiger partial charge in [0.15, 0.2) is 0 Å². The van der Waals surface area contributed by atoms with Crippen LogP contribution in [0.3, 0.4) is 0 Å². The predicted molar refractivity (Wildman–Crippen MR) is 97.6 cm³/mol. The third kappa shape index (κ3) is 5.14. The van der Waals surface area contributed by atoms with E-state index in [4.69, 9.17) is 9.73 Å². The molecule has 4 heteroatoms. The number of hydrogen-bond acceptors (Lipinski definition) is 2. The first-order valence-electron chi connectivity index (χ1n) is 7.04. The Kier molecular flexibility index (Phi) is 5.57. The minimum Gasteiger partial charge on any atom is -0.379 e. The fourth-order valence-electron chi connectivity index (χ4n) is 1.96. The lowest BCUT2D eigenvalue weighted by Crippen LogP contribution is -2.22. The predicted octanol–water partition coefficient (Wildman–Crippen LogP) is 4.37. The van der Waals surface area contributed by atoms with E-state index in [1.54, 1.807) is 0 Å². The summed E-state index contributed by atoms with van der Waals surface area (Å²) in [4.78, 5) is 4.72. The van der Waals surface area contributed by atoms with Gasteiger partial charge < -0.3 is 4.74 Å². The molecular formula is C16H22INOSi. The number of hydrogen-bond donors (Lipinski definition) is 0. The summed E-state index contributed by atoms with van der Waals surface area (Å²) >= 11 is 2.33. The Morgan fingerprint density at radius 2 is 2.10 bits per heavy atom. The molecule has 1 heterocycles. The van der Waals surface area contributed by atoms with Crippen LogP contribution in [-0.2, 0) is 4.74 Å². The number of benzene rings is 1. The molecule has 1 aromatic carbocycles. The van der Waals surface area contributed by atoms with Crippen LogP contribution in [-0.4, -0.2) is 33.0 Å². The summed E-state index contributed by atoms with van der Waals surface area (Å²) in [5.41, 5.74) is 2.26. The minimum atomic E-state index is -0.986. The molecule has 0 radical (unpaired) electrons. The zero-order valence-electron chi connectivity index (χ0n) is 12.4. The van der Waals surface area contributed by atoms with Crippen LogP contribution in [0.25, 0.3) is 0 Å². The van der Waals surface area contributed by atoms with Crippen LogP contribution in [0.5, 0.6) is 0 Å². The van der Waals surface area contributed by atoms with Crippen molar-refractivity contribution in [1.29, 1.82) is 0 Å². The maximum absolute atomic E-state index is 5.78. The Balaban J connectivity index is 1.84. The number of nitrogens with zero attached hydrogens (tertiary/aromatic N) is 1. The van der Waals surface area contributed by atoms with Gasteiger partial charge in [-0.1, -0.05) is 37.8 Å². The molecule has 0 amide bonds. The number of ether oxygens (including phenoxy) is 1. The third-order valence-corrected chi connectivity index (χ3v) is 5.56. The molecule has 2 nitrogen and oxygen atoms in total. The maximum Gasteiger partial charge on any atom is 0.0924 e. The smallest absolute Gasteiger partial charge is 0.0924 e. The molecule has 1 aliphatic heterocycles. The Bertz CT molecular complexity index is 519. The van der Waals surface area contributed by atoms with Gasteiger partial charge in [-0.2, -0.15) is 0 Å². The second-order valence-electron chi connectivity index (χ2n) is 6.34. The normalized spacial score (nSPS) is 18.4. The number of allylic oxidation sites excluding steroid dienone is 1. The fraction of sp³-hybridized carbons (Fsp3) is 0.438. The summed E-state index contributed by atoms with van der Waals surface area (Å²) < 4.78 is 7.02. The van der Waals surface area contributed by atoms with Gasteiger partial charge in [-0.15, -0.1) is 0 Å². The van der Waals surface area contributed by atoms with E-state index in [1.165, 1.54) is 15.2 Å². The summed E-state index contributed by atoms with van der Waals surface area (Å²) in [6, 6.07) is 9.85. The second kappa shape index (κ2) is 7.00. The first kappa shape index (κ1) is 15.9. The largest absolute Gasteiger partial charge is 0.379 e. The minimum absolute atomic E-state index is 0.185. The second-order valence-corrected chi connectivity index (χ2v) is 13.2. The molecule has 0 N–H and O–H groups in total. The summed E-state index contributed by atoms with van der Waals surface area (Å²) in [5.74, 6) is 0. The summed E-state index contributed by atoms with van der Waals surface area (Å²) in [5, 5.41) is 0. The summed E-state index contributed by atoms with van der Waals surface area (Å²) in [7, 11) is -0.986. The lowest BCUT2D eigenvalue weighted by molar-refractivity contribution is 0.143. The molecule has 0 aliphatic carbocycles. The molecule has 2 rings (SSSR count). The van der Waals surface area contributed by atoms with Gasteiger partial charge in [0.05, 0.1) is 18.4 Å².